The molecule has 0 aromatic carbocycles. The Balaban J connectivity index is 2.71. The number of aliphatic hydroxyl groups is 1. The van der Waals surface area contributed by atoms with E-state index in [1.807, 2.05) is 0 Å². The summed E-state index contributed by atoms with van der Waals surface area (Å²) < 4.78 is 6.71. The van der Waals surface area contributed by atoms with Gasteiger partial charge in [0.25, 0.3) is 0 Å². The first-order chi connectivity index (χ1) is 6.66. The highest BCUT2D eigenvalue weighted by atomic mass is 16.5. The van der Waals surface area contributed by atoms with Crippen LogP contribution in [0, 0.1) is 0 Å². The number of hydrogen-bond acceptors (Lipinski definition) is 5. The molecule has 2 atom stereocenters. The maximum atomic E-state index is 9.31. The van der Waals surface area contributed by atoms with Gasteiger partial charge in [-0.05, 0) is 6.92 Å². The molecule has 0 fully saturated rings. The van der Waals surface area contributed by atoms with E-state index < -0.39 is 12.1 Å². The second kappa shape index (κ2) is 5.04. The lowest BCUT2D eigenvalue weighted by molar-refractivity contribution is 0.154. The van der Waals surface area contributed by atoms with Crippen LogP contribution >= 0.6 is 0 Å². The molecule has 6 nitrogen and oxygen atoms in total. The normalized spacial score (nSPS) is 15.4. The molecule has 0 bridgehead atoms. The fraction of sp³-hybridized carbons (Fsp3) is 0.750. The molecule has 0 aliphatic rings. The van der Waals surface area contributed by atoms with Gasteiger partial charge in [0, 0.05) is 13.7 Å². The van der Waals surface area contributed by atoms with Crippen molar-refractivity contribution in [1.82, 2.24) is 14.8 Å². The van der Waals surface area contributed by atoms with E-state index in [-0.39, 0.29) is 0 Å². The fourth-order valence-corrected chi connectivity index (χ4v) is 1.10. The molecular weight excluding hydrogens is 184 g/mol. The minimum Gasteiger partial charge on any atom is -0.391 e. The van der Waals surface area contributed by atoms with Crippen molar-refractivity contribution in [1.29, 1.82) is 0 Å². The number of hydrogen-bond donors (Lipinski definition) is 2. The van der Waals surface area contributed by atoms with E-state index in [9.17, 15) is 5.11 Å². The molecule has 0 spiro atoms. The third-order valence-electron chi connectivity index (χ3n) is 2.00. The van der Waals surface area contributed by atoms with E-state index in [0.29, 0.717) is 19.0 Å². The van der Waals surface area contributed by atoms with E-state index in [1.54, 1.807) is 24.9 Å². The van der Waals surface area contributed by atoms with Crippen LogP contribution in [0.4, 0.5) is 0 Å². The van der Waals surface area contributed by atoms with E-state index in [2.05, 4.69) is 10.2 Å². The molecule has 0 saturated carbocycles. The summed E-state index contributed by atoms with van der Waals surface area (Å²) in [6.45, 7) is 2.83. The third kappa shape index (κ3) is 2.50. The van der Waals surface area contributed by atoms with Crippen LogP contribution in [0.25, 0.3) is 0 Å². The highest BCUT2D eigenvalue weighted by Crippen LogP contribution is 2.10. The summed E-state index contributed by atoms with van der Waals surface area (Å²) in [4.78, 5) is 0. The summed E-state index contributed by atoms with van der Waals surface area (Å²) in [5.74, 6) is 0.581. The van der Waals surface area contributed by atoms with Gasteiger partial charge in [-0.2, -0.15) is 0 Å². The zero-order valence-corrected chi connectivity index (χ0v) is 8.42. The standard InChI is InChI=1S/C8H16N4O2/c1-6(13)7(9)8-11-10-5-12(8)3-4-14-2/h5-7,13H,3-4,9H2,1-2H3. The number of aromatic nitrogens is 3. The predicted molar refractivity (Wildman–Crippen MR) is 50.5 cm³/mol. The van der Waals surface area contributed by atoms with Crippen molar-refractivity contribution < 1.29 is 9.84 Å². The molecule has 80 valence electrons. The van der Waals surface area contributed by atoms with Crippen LogP contribution in [0.2, 0.25) is 0 Å². The second-order valence-corrected chi connectivity index (χ2v) is 3.14. The molecule has 2 unspecified atom stereocenters. The van der Waals surface area contributed by atoms with Crippen molar-refractivity contribution in [3.05, 3.63) is 12.2 Å². The van der Waals surface area contributed by atoms with Gasteiger partial charge in [0.15, 0.2) is 5.82 Å². The molecule has 1 rings (SSSR count). The molecule has 3 N–H and O–H groups in total. The molecular formula is C8H16N4O2. The molecule has 6 heteroatoms. The number of nitrogens with two attached hydrogens (primary N) is 1. The minimum absolute atomic E-state index is 0.505. The molecule has 1 aromatic heterocycles. The quantitative estimate of drug-likeness (QED) is 0.656. The summed E-state index contributed by atoms with van der Waals surface area (Å²) in [6.07, 6.45) is 0.942. The number of methoxy groups -OCH3 is 1. The van der Waals surface area contributed by atoms with E-state index in [0.717, 1.165) is 0 Å². The molecule has 0 saturated heterocycles. The molecule has 1 aromatic rings. The van der Waals surface area contributed by atoms with Crippen LogP contribution in [-0.4, -0.2) is 39.7 Å². The van der Waals surface area contributed by atoms with E-state index in [4.69, 9.17) is 10.5 Å². The first kappa shape index (κ1) is 11.1. The van der Waals surface area contributed by atoms with Gasteiger partial charge in [-0.15, -0.1) is 10.2 Å². The molecule has 0 aliphatic carbocycles. The van der Waals surface area contributed by atoms with Crippen LogP contribution in [0.5, 0.6) is 0 Å². The van der Waals surface area contributed by atoms with Crippen molar-refractivity contribution in [2.45, 2.75) is 25.6 Å². The minimum atomic E-state index is -0.638. The lowest BCUT2D eigenvalue weighted by Crippen LogP contribution is -2.27. The number of ether oxygens (including phenoxy) is 1. The summed E-state index contributed by atoms with van der Waals surface area (Å²) in [6, 6.07) is -0.505. The third-order valence-corrected chi connectivity index (χ3v) is 2.00. The van der Waals surface area contributed by atoms with Crippen LogP contribution in [-0.2, 0) is 11.3 Å². The maximum absolute atomic E-state index is 9.31. The Hall–Kier alpha value is -0.980. The Bertz CT molecular complexity index is 274. The smallest absolute Gasteiger partial charge is 0.152 e. The highest BCUT2D eigenvalue weighted by molar-refractivity contribution is 4.95. The van der Waals surface area contributed by atoms with Crippen LogP contribution in [0.3, 0.4) is 0 Å². The molecule has 1 heterocycles. The molecule has 0 amide bonds. The number of aliphatic hydroxyl groups excluding tert-OH is 1. The van der Waals surface area contributed by atoms with E-state index in [1.165, 1.54) is 0 Å². The van der Waals surface area contributed by atoms with E-state index >= 15 is 0 Å². The maximum Gasteiger partial charge on any atom is 0.152 e. The van der Waals surface area contributed by atoms with Crippen LogP contribution in [0.1, 0.15) is 18.8 Å². The number of nitrogens with zero attached hydrogens (tertiary/aromatic N) is 3. The lowest BCUT2D eigenvalue weighted by atomic mass is 10.2. The zero-order valence-electron chi connectivity index (χ0n) is 8.42. The Morgan fingerprint density at radius 3 is 3.00 bits per heavy atom. The first-order valence-electron chi connectivity index (χ1n) is 4.47. The van der Waals surface area contributed by atoms with Crippen molar-refractivity contribution in [3.8, 4) is 0 Å². The lowest BCUT2D eigenvalue weighted by Gasteiger charge is -2.14. The van der Waals surface area contributed by atoms with Gasteiger partial charge in [-0.25, -0.2) is 0 Å². The van der Waals surface area contributed by atoms with Crippen molar-refractivity contribution in [2.24, 2.45) is 5.73 Å². The van der Waals surface area contributed by atoms with Crippen molar-refractivity contribution >= 4 is 0 Å². The van der Waals surface area contributed by atoms with Gasteiger partial charge in [-0.3, -0.25) is 0 Å². The Labute approximate surface area is 82.7 Å². The largest absolute Gasteiger partial charge is 0.391 e. The Morgan fingerprint density at radius 2 is 2.43 bits per heavy atom. The Morgan fingerprint density at radius 1 is 1.71 bits per heavy atom. The summed E-state index contributed by atoms with van der Waals surface area (Å²) in [7, 11) is 1.62. The molecule has 0 aliphatic heterocycles. The van der Waals surface area contributed by atoms with Gasteiger partial charge in [0.05, 0.1) is 18.8 Å². The highest BCUT2D eigenvalue weighted by Gasteiger charge is 2.17. The predicted octanol–water partition coefficient (Wildman–Crippen LogP) is -0.695. The van der Waals surface area contributed by atoms with Gasteiger partial charge >= 0.3 is 0 Å². The SMILES string of the molecule is COCCn1cnnc1C(N)C(C)O. The monoisotopic (exact) mass is 200 g/mol. The average Bonchev–Trinajstić information content (AvgIpc) is 2.61. The van der Waals surface area contributed by atoms with Gasteiger partial charge in [0.2, 0.25) is 0 Å². The summed E-state index contributed by atoms with van der Waals surface area (Å²) in [5, 5.41) is 16.9. The molecule has 14 heavy (non-hydrogen) atoms. The van der Waals surface area contributed by atoms with Crippen LogP contribution in [0.15, 0.2) is 6.33 Å². The second-order valence-electron chi connectivity index (χ2n) is 3.14. The number of rotatable bonds is 5. The Kier molecular flexibility index (Phi) is 3.99. The zero-order chi connectivity index (χ0) is 10.6. The van der Waals surface area contributed by atoms with Gasteiger partial charge in [0.1, 0.15) is 6.33 Å². The summed E-state index contributed by atoms with van der Waals surface area (Å²) >= 11 is 0. The van der Waals surface area contributed by atoms with Crippen molar-refractivity contribution in [2.75, 3.05) is 13.7 Å². The summed E-state index contributed by atoms with van der Waals surface area (Å²) in [5.41, 5.74) is 5.74. The topological polar surface area (TPSA) is 86.2 Å². The van der Waals surface area contributed by atoms with Gasteiger partial charge < -0.3 is 20.1 Å². The van der Waals surface area contributed by atoms with Crippen LogP contribution < -0.4 is 5.73 Å². The van der Waals surface area contributed by atoms with Gasteiger partial charge in [-0.1, -0.05) is 0 Å². The molecule has 0 radical (unpaired) electrons. The average molecular weight is 200 g/mol. The first-order valence-corrected chi connectivity index (χ1v) is 4.47. The van der Waals surface area contributed by atoms with Crippen molar-refractivity contribution in [3.63, 3.8) is 0 Å². The fourth-order valence-electron chi connectivity index (χ4n) is 1.10.